The van der Waals surface area contributed by atoms with Crippen LogP contribution < -0.4 is 4.90 Å². The van der Waals surface area contributed by atoms with Gasteiger partial charge in [-0.25, -0.2) is 0 Å². The molecule has 3 nitrogen and oxygen atoms in total. The minimum atomic E-state index is 0.472. The monoisotopic (exact) mass is 297 g/mol. The molecule has 0 amide bonds. The van der Waals surface area contributed by atoms with Gasteiger partial charge in [0.25, 0.3) is 0 Å². The van der Waals surface area contributed by atoms with Crippen LogP contribution in [0.25, 0.3) is 0 Å². The smallest absolute Gasteiger partial charge is 0.131 e. The average molecular weight is 298 g/mol. The van der Waals surface area contributed by atoms with E-state index in [-0.39, 0.29) is 0 Å². The molecule has 1 aromatic heterocycles. The van der Waals surface area contributed by atoms with Crippen molar-refractivity contribution in [3.05, 3.63) is 46.1 Å². The van der Waals surface area contributed by atoms with Gasteiger partial charge in [0.05, 0.1) is 11.6 Å². The Kier molecular flexibility index (Phi) is 4.38. The van der Waals surface area contributed by atoms with E-state index in [2.05, 4.69) is 10.00 Å². The summed E-state index contributed by atoms with van der Waals surface area (Å²) in [4.78, 5) is 2.15. The third kappa shape index (κ3) is 3.04. The molecular weight excluding hydrogens is 281 g/mol. The van der Waals surface area contributed by atoms with Crippen molar-refractivity contribution in [2.24, 2.45) is 7.05 Å². The number of hydrogen-bond donors (Lipinski definition) is 0. The first kappa shape index (κ1) is 14.2. The van der Waals surface area contributed by atoms with E-state index in [0.717, 1.165) is 28.6 Å². The highest BCUT2D eigenvalue weighted by Crippen LogP contribution is 2.25. The maximum absolute atomic E-state index is 6.02. The highest BCUT2D eigenvalue weighted by Gasteiger charge is 2.16. The Labute approximate surface area is 123 Å². The lowest BCUT2D eigenvalue weighted by molar-refractivity contribution is 0.726. The largest absolute Gasteiger partial charge is 0.355 e. The quantitative estimate of drug-likeness (QED) is 0.801. The first-order valence-electron chi connectivity index (χ1n) is 6.07. The van der Waals surface area contributed by atoms with E-state index in [1.54, 1.807) is 0 Å². The molecule has 102 valence electrons. The summed E-state index contributed by atoms with van der Waals surface area (Å²) in [5, 5.41) is 5.18. The molecule has 2 aromatic rings. The van der Waals surface area contributed by atoms with Gasteiger partial charge in [-0.1, -0.05) is 23.7 Å². The molecule has 0 aliphatic carbocycles. The SMILES string of the molecule is Cc1nn(C)c(N(C)Cc2ccc(Cl)cc2)c1CCl. The lowest BCUT2D eigenvalue weighted by Crippen LogP contribution is -2.20. The van der Waals surface area contributed by atoms with E-state index in [1.807, 2.05) is 50.0 Å². The van der Waals surface area contributed by atoms with Crippen LogP contribution in [0.1, 0.15) is 16.8 Å². The molecule has 0 aliphatic heterocycles. The summed E-state index contributed by atoms with van der Waals surface area (Å²) < 4.78 is 1.88. The van der Waals surface area contributed by atoms with Crippen molar-refractivity contribution in [2.45, 2.75) is 19.3 Å². The normalized spacial score (nSPS) is 10.8. The summed E-state index contributed by atoms with van der Waals surface area (Å²) in [6.07, 6.45) is 0. The van der Waals surface area contributed by atoms with E-state index >= 15 is 0 Å². The summed E-state index contributed by atoms with van der Waals surface area (Å²) in [7, 11) is 3.98. The van der Waals surface area contributed by atoms with Crippen LogP contribution in [-0.4, -0.2) is 16.8 Å². The predicted octanol–water partition coefficient (Wildman–Crippen LogP) is 3.76. The zero-order valence-electron chi connectivity index (χ0n) is 11.3. The average Bonchev–Trinajstić information content (AvgIpc) is 2.66. The second kappa shape index (κ2) is 5.85. The molecule has 0 atom stereocenters. The summed E-state index contributed by atoms with van der Waals surface area (Å²) in [6, 6.07) is 7.87. The first-order chi connectivity index (χ1) is 9.02. The van der Waals surface area contributed by atoms with E-state index in [4.69, 9.17) is 23.2 Å². The Bertz CT molecular complexity index is 561. The Morgan fingerprint density at radius 1 is 1.26 bits per heavy atom. The topological polar surface area (TPSA) is 21.1 Å². The fourth-order valence-corrected chi connectivity index (χ4v) is 2.70. The number of benzene rings is 1. The number of aryl methyl sites for hydroxylation is 2. The Hall–Kier alpha value is -1.19. The number of alkyl halides is 1. The van der Waals surface area contributed by atoms with Gasteiger partial charge in [0, 0.05) is 31.2 Å². The third-order valence-electron chi connectivity index (χ3n) is 3.14. The minimum absolute atomic E-state index is 0.472. The van der Waals surface area contributed by atoms with Gasteiger partial charge in [-0.2, -0.15) is 5.10 Å². The maximum atomic E-state index is 6.02. The Morgan fingerprint density at radius 2 is 1.89 bits per heavy atom. The van der Waals surface area contributed by atoms with Gasteiger partial charge in [-0.15, -0.1) is 11.6 Å². The van der Waals surface area contributed by atoms with Gasteiger partial charge in [-0.3, -0.25) is 4.68 Å². The number of rotatable bonds is 4. The summed E-state index contributed by atoms with van der Waals surface area (Å²) in [5.41, 5.74) is 3.27. The molecule has 1 heterocycles. The van der Waals surface area contributed by atoms with Crippen molar-refractivity contribution in [1.29, 1.82) is 0 Å². The molecule has 1 aromatic carbocycles. The molecule has 0 unspecified atom stereocenters. The minimum Gasteiger partial charge on any atom is -0.355 e. The second-order valence-corrected chi connectivity index (χ2v) is 5.33. The number of hydrogen-bond acceptors (Lipinski definition) is 2. The fourth-order valence-electron chi connectivity index (χ4n) is 2.26. The molecule has 0 saturated carbocycles. The number of nitrogens with zero attached hydrogens (tertiary/aromatic N) is 3. The second-order valence-electron chi connectivity index (χ2n) is 4.63. The van der Waals surface area contributed by atoms with Gasteiger partial charge in [0.2, 0.25) is 0 Å². The van der Waals surface area contributed by atoms with E-state index in [9.17, 15) is 0 Å². The van der Waals surface area contributed by atoms with Crippen molar-refractivity contribution in [2.75, 3.05) is 11.9 Å². The van der Waals surface area contributed by atoms with Crippen LogP contribution >= 0.6 is 23.2 Å². The maximum Gasteiger partial charge on any atom is 0.131 e. The number of halogens is 2. The van der Waals surface area contributed by atoms with Crippen LogP contribution in [0.3, 0.4) is 0 Å². The van der Waals surface area contributed by atoms with Crippen LogP contribution in [0.15, 0.2) is 24.3 Å². The summed E-state index contributed by atoms with van der Waals surface area (Å²) in [5.74, 6) is 1.53. The van der Waals surface area contributed by atoms with Crippen LogP contribution in [0.4, 0.5) is 5.82 Å². The summed E-state index contributed by atoms with van der Waals surface area (Å²) >= 11 is 11.9. The molecule has 0 radical (unpaired) electrons. The molecule has 0 spiro atoms. The molecule has 0 saturated heterocycles. The molecule has 2 rings (SSSR count). The molecule has 0 fully saturated rings. The predicted molar refractivity (Wildman–Crippen MR) is 81.1 cm³/mol. The van der Waals surface area contributed by atoms with Crippen LogP contribution in [-0.2, 0) is 19.5 Å². The van der Waals surface area contributed by atoms with E-state index < -0.39 is 0 Å². The molecule has 0 aliphatic rings. The zero-order chi connectivity index (χ0) is 14.0. The molecule has 19 heavy (non-hydrogen) atoms. The molecule has 0 bridgehead atoms. The molecule has 0 N–H and O–H groups in total. The van der Waals surface area contributed by atoms with Crippen LogP contribution in [0.2, 0.25) is 5.02 Å². The van der Waals surface area contributed by atoms with Crippen LogP contribution in [0.5, 0.6) is 0 Å². The van der Waals surface area contributed by atoms with Gasteiger partial charge in [-0.05, 0) is 24.6 Å². The van der Waals surface area contributed by atoms with Crippen molar-refractivity contribution >= 4 is 29.0 Å². The number of aromatic nitrogens is 2. The van der Waals surface area contributed by atoms with E-state index in [0.29, 0.717) is 5.88 Å². The zero-order valence-corrected chi connectivity index (χ0v) is 12.8. The number of anilines is 1. The van der Waals surface area contributed by atoms with Crippen LogP contribution in [0, 0.1) is 6.92 Å². The van der Waals surface area contributed by atoms with Gasteiger partial charge >= 0.3 is 0 Å². The van der Waals surface area contributed by atoms with E-state index in [1.165, 1.54) is 5.56 Å². The van der Waals surface area contributed by atoms with Gasteiger partial charge in [0.1, 0.15) is 5.82 Å². The molecule has 5 heteroatoms. The highest BCUT2D eigenvalue weighted by molar-refractivity contribution is 6.30. The highest BCUT2D eigenvalue weighted by atomic mass is 35.5. The van der Waals surface area contributed by atoms with Gasteiger partial charge < -0.3 is 4.90 Å². The van der Waals surface area contributed by atoms with Crippen molar-refractivity contribution in [3.63, 3.8) is 0 Å². The third-order valence-corrected chi connectivity index (χ3v) is 3.66. The summed E-state index contributed by atoms with van der Waals surface area (Å²) in [6.45, 7) is 2.78. The first-order valence-corrected chi connectivity index (χ1v) is 6.98. The van der Waals surface area contributed by atoms with Gasteiger partial charge in [0.15, 0.2) is 0 Å². The molecular formula is C14H17Cl2N3. The van der Waals surface area contributed by atoms with Crippen molar-refractivity contribution in [1.82, 2.24) is 9.78 Å². The van der Waals surface area contributed by atoms with Crippen molar-refractivity contribution < 1.29 is 0 Å². The standard InChI is InChI=1S/C14H17Cl2N3/c1-10-13(8-15)14(19(3)17-10)18(2)9-11-4-6-12(16)7-5-11/h4-7H,8-9H2,1-3H3. The lowest BCUT2D eigenvalue weighted by Gasteiger charge is -2.20. The Morgan fingerprint density at radius 3 is 2.47 bits per heavy atom. The van der Waals surface area contributed by atoms with Crippen molar-refractivity contribution in [3.8, 4) is 0 Å². The Balaban J connectivity index is 2.24. The fraction of sp³-hybridized carbons (Fsp3) is 0.357. The lowest BCUT2D eigenvalue weighted by atomic mass is 10.2.